The summed E-state index contributed by atoms with van der Waals surface area (Å²) in [6.45, 7) is 1.98. The molecule has 1 heterocycles. The number of aryl methyl sites for hydroxylation is 1. The zero-order valence-corrected chi connectivity index (χ0v) is 10.1. The molecule has 0 unspecified atom stereocenters. The lowest BCUT2D eigenvalue weighted by Gasteiger charge is -2.07. The van der Waals surface area contributed by atoms with E-state index in [1.54, 1.807) is 0 Å². The van der Waals surface area contributed by atoms with Crippen molar-refractivity contribution in [2.24, 2.45) is 10.9 Å². The Balaban J connectivity index is 2.58. The van der Waals surface area contributed by atoms with E-state index in [1.807, 2.05) is 43.3 Å². The minimum absolute atomic E-state index is 0.552. The van der Waals surface area contributed by atoms with Gasteiger partial charge in [-0.3, -0.25) is 0 Å². The Morgan fingerprint density at radius 2 is 2.00 bits per heavy atom. The highest BCUT2D eigenvalue weighted by Crippen LogP contribution is 2.24. The normalized spacial score (nSPS) is 10.9. The number of nitrogens with two attached hydrogens (primary N) is 1. The lowest BCUT2D eigenvalue weighted by molar-refractivity contribution is 1.22. The first-order valence-corrected chi connectivity index (χ1v) is 5.56. The molecule has 2 aromatic rings. The second-order valence-electron chi connectivity index (χ2n) is 3.67. The van der Waals surface area contributed by atoms with Crippen molar-refractivity contribution in [3.8, 4) is 11.3 Å². The van der Waals surface area contributed by atoms with Gasteiger partial charge >= 0.3 is 0 Å². The van der Waals surface area contributed by atoms with E-state index in [1.165, 1.54) is 6.21 Å². The molecule has 0 aliphatic heterocycles. The molecule has 86 valence electrons. The van der Waals surface area contributed by atoms with Crippen LogP contribution in [-0.4, -0.2) is 11.2 Å². The van der Waals surface area contributed by atoms with Crippen LogP contribution in [0.3, 0.4) is 0 Å². The number of benzene rings is 1. The van der Waals surface area contributed by atoms with Crippen LogP contribution < -0.4 is 5.84 Å². The zero-order valence-electron chi connectivity index (χ0n) is 9.39. The van der Waals surface area contributed by atoms with Crippen LogP contribution in [0, 0.1) is 6.92 Å². The van der Waals surface area contributed by atoms with Crippen LogP contribution in [0.15, 0.2) is 41.5 Å². The monoisotopic (exact) mass is 245 g/mol. The number of hydrogen-bond acceptors (Lipinski definition) is 3. The van der Waals surface area contributed by atoms with E-state index in [4.69, 9.17) is 17.4 Å². The van der Waals surface area contributed by atoms with Gasteiger partial charge < -0.3 is 5.84 Å². The maximum Gasteiger partial charge on any atom is 0.102 e. The molecule has 4 heteroatoms. The summed E-state index contributed by atoms with van der Waals surface area (Å²) in [5.74, 6) is 5.13. The third-order valence-electron chi connectivity index (χ3n) is 2.44. The minimum atomic E-state index is 0.552. The van der Waals surface area contributed by atoms with E-state index in [0.717, 1.165) is 16.8 Å². The highest BCUT2D eigenvalue weighted by molar-refractivity contribution is 6.32. The van der Waals surface area contributed by atoms with Crippen molar-refractivity contribution < 1.29 is 0 Å². The third-order valence-corrected chi connectivity index (χ3v) is 2.74. The van der Waals surface area contributed by atoms with E-state index >= 15 is 0 Å². The van der Waals surface area contributed by atoms with Gasteiger partial charge in [0, 0.05) is 5.56 Å². The summed E-state index contributed by atoms with van der Waals surface area (Å²) >= 11 is 6.06. The SMILES string of the molecule is Cc1cc(Cl)c(/C=N/N)nc1-c1ccccc1. The number of hydrogen-bond donors (Lipinski definition) is 1. The standard InChI is InChI=1S/C13H12ClN3/c1-9-7-11(14)12(8-16-15)17-13(9)10-5-3-2-4-6-10/h2-8H,15H2,1H3/b16-8+. The smallest absolute Gasteiger partial charge is 0.102 e. The average Bonchev–Trinajstić information content (AvgIpc) is 2.34. The molecule has 0 amide bonds. The van der Waals surface area contributed by atoms with Gasteiger partial charge in [0.15, 0.2) is 0 Å². The van der Waals surface area contributed by atoms with Crippen LogP contribution in [0.25, 0.3) is 11.3 Å². The van der Waals surface area contributed by atoms with Gasteiger partial charge in [0.1, 0.15) is 5.69 Å². The predicted molar refractivity (Wildman–Crippen MR) is 71.2 cm³/mol. The van der Waals surface area contributed by atoms with Gasteiger partial charge in [-0.25, -0.2) is 4.98 Å². The van der Waals surface area contributed by atoms with E-state index in [9.17, 15) is 0 Å². The number of pyridine rings is 1. The van der Waals surface area contributed by atoms with Crippen LogP contribution in [0.1, 0.15) is 11.3 Å². The van der Waals surface area contributed by atoms with Gasteiger partial charge in [-0.05, 0) is 18.6 Å². The molecule has 0 spiro atoms. The van der Waals surface area contributed by atoms with Crippen molar-refractivity contribution in [1.29, 1.82) is 0 Å². The molecule has 3 nitrogen and oxygen atoms in total. The van der Waals surface area contributed by atoms with Gasteiger partial charge in [-0.2, -0.15) is 5.10 Å². The summed E-state index contributed by atoms with van der Waals surface area (Å²) in [5.41, 5.74) is 3.55. The summed E-state index contributed by atoms with van der Waals surface area (Å²) in [4.78, 5) is 4.47. The Labute approximate surface area is 105 Å². The largest absolute Gasteiger partial charge is 0.323 e. The third kappa shape index (κ3) is 2.45. The summed E-state index contributed by atoms with van der Waals surface area (Å²) < 4.78 is 0. The Morgan fingerprint density at radius 1 is 1.29 bits per heavy atom. The molecular formula is C13H12ClN3. The first-order valence-electron chi connectivity index (χ1n) is 5.18. The van der Waals surface area contributed by atoms with Crippen LogP contribution in [0.4, 0.5) is 0 Å². The molecule has 0 atom stereocenters. The van der Waals surface area contributed by atoms with Crippen LogP contribution >= 0.6 is 11.6 Å². The fourth-order valence-corrected chi connectivity index (χ4v) is 1.90. The highest BCUT2D eigenvalue weighted by atomic mass is 35.5. The molecule has 0 aliphatic carbocycles. The lowest BCUT2D eigenvalue weighted by atomic mass is 10.1. The van der Waals surface area contributed by atoms with Crippen molar-refractivity contribution in [2.45, 2.75) is 6.92 Å². The van der Waals surface area contributed by atoms with E-state index < -0.39 is 0 Å². The van der Waals surface area contributed by atoms with Gasteiger partial charge in [-0.15, -0.1) is 0 Å². The van der Waals surface area contributed by atoms with Gasteiger partial charge in [0.05, 0.1) is 16.9 Å². The maximum absolute atomic E-state index is 6.06. The predicted octanol–water partition coefficient (Wildman–Crippen LogP) is 3.00. The van der Waals surface area contributed by atoms with Crippen molar-refractivity contribution in [3.05, 3.63) is 52.7 Å². The Morgan fingerprint density at radius 3 is 2.65 bits per heavy atom. The van der Waals surface area contributed by atoms with Crippen molar-refractivity contribution >= 4 is 17.8 Å². The van der Waals surface area contributed by atoms with Crippen molar-refractivity contribution in [1.82, 2.24) is 4.98 Å². The van der Waals surface area contributed by atoms with Crippen LogP contribution in [0.5, 0.6) is 0 Å². The second-order valence-corrected chi connectivity index (χ2v) is 4.07. The molecule has 0 bridgehead atoms. The molecule has 2 N–H and O–H groups in total. The molecule has 0 saturated carbocycles. The number of aromatic nitrogens is 1. The summed E-state index contributed by atoms with van der Waals surface area (Å²) in [6.07, 6.45) is 1.45. The van der Waals surface area contributed by atoms with E-state index in [-0.39, 0.29) is 0 Å². The van der Waals surface area contributed by atoms with E-state index in [2.05, 4.69) is 10.1 Å². The molecule has 1 aromatic carbocycles. The number of rotatable bonds is 2. The average molecular weight is 246 g/mol. The van der Waals surface area contributed by atoms with Crippen molar-refractivity contribution in [3.63, 3.8) is 0 Å². The fraction of sp³-hybridized carbons (Fsp3) is 0.0769. The van der Waals surface area contributed by atoms with Gasteiger partial charge in [-0.1, -0.05) is 41.9 Å². The quantitative estimate of drug-likeness (QED) is 0.502. The lowest BCUT2D eigenvalue weighted by Crippen LogP contribution is -1.97. The van der Waals surface area contributed by atoms with E-state index in [0.29, 0.717) is 10.7 Å². The zero-order chi connectivity index (χ0) is 12.3. The molecule has 0 radical (unpaired) electrons. The van der Waals surface area contributed by atoms with Crippen LogP contribution in [-0.2, 0) is 0 Å². The first-order chi connectivity index (χ1) is 8.22. The Bertz CT molecular complexity index is 550. The molecular weight excluding hydrogens is 234 g/mol. The molecule has 1 aromatic heterocycles. The Hall–Kier alpha value is -1.87. The highest BCUT2D eigenvalue weighted by Gasteiger charge is 2.08. The summed E-state index contributed by atoms with van der Waals surface area (Å²) in [6, 6.07) is 11.8. The number of nitrogens with zero attached hydrogens (tertiary/aromatic N) is 2. The maximum atomic E-state index is 6.06. The molecule has 17 heavy (non-hydrogen) atoms. The van der Waals surface area contributed by atoms with Crippen molar-refractivity contribution in [2.75, 3.05) is 0 Å². The topological polar surface area (TPSA) is 51.3 Å². The minimum Gasteiger partial charge on any atom is -0.323 e. The second kappa shape index (κ2) is 4.97. The molecule has 2 rings (SSSR count). The summed E-state index contributed by atoms with van der Waals surface area (Å²) in [5, 5.41) is 4.01. The van der Waals surface area contributed by atoms with Gasteiger partial charge in [0.2, 0.25) is 0 Å². The van der Waals surface area contributed by atoms with Gasteiger partial charge in [0.25, 0.3) is 0 Å². The molecule has 0 fully saturated rings. The fourth-order valence-electron chi connectivity index (χ4n) is 1.64. The molecule has 0 saturated heterocycles. The summed E-state index contributed by atoms with van der Waals surface area (Å²) in [7, 11) is 0. The molecule has 0 aliphatic rings. The number of hydrazone groups is 1. The van der Waals surface area contributed by atoms with Crippen LogP contribution in [0.2, 0.25) is 5.02 Å². The Kier molecular flexibility index (Phi) is 3.40. The first kappa shape index (κ1) is 11.6. The number of halogens is 1.